The Morgan fingerprint density at radius 1 is 1.50 bits per heavy atom. The molecule has 0 amide bonds. The molecule has 0 unspecified atom stereocenters. The summed E-state index contributed by atoms with van der Waals surface area (Å²) in [5.74, 6) is 0.761. The Morgan fingerprint density at radius 3 is 2.75 bits per heavy atom. The fourth-order valence-corrected chi connectivity index (χ4v) is 1.83. The lowest BCUT2D eigenvalue weighted by Crippen LogP contribution is -2.31. The van der Waals surface area contributed by atoms with Gasteiger partial charge in [0, 0.05) is 19.7 Å². The smallest absolute Gasteiger partial charge is 0.0702 e. The summed E-state index contributed by atoms with van der Waals surface area (Å²) in [5, 5.41) is 0. The highest BCUT2D eigenvalue weighted by molar-refractivity contribution is 4.68. The van der Waals surface area contributed by atoms with Crippen molar-refractivity contribution in [1.82, 2.24) is 4.90 Å². The second kappa shape index (κ2) is 4.83. The van der Waals surface area contributed by atoms with E-state index in [1.54, 1.807) is 0 Å². The van der Waals surface area contributed by atoms with Crippen LogP contribution in [0.1, 0.15) is 26.7 Å². The summed E-state index contributed by atoms with van der Waals surface area (Å²) in [6, 6.07) is 0. The van der Waals surface area contributed by atoms with Crippen molar-refractivity contribution in [1.29, 1.82) is 0 Å². The van der Waals surface area contributed by atoms with Crippen LogP contribution in [-0.4, -0.2) is 37.7 Å². The van der Waals surface area contributed by atoms with Gasteiger partial charge in [-0.3, -0.25) is 0 Å². The van der Waals surface area contributed by atoms with E-state index in [1.807, 2.05) is 0 Å². The van der Waals surface area contributed by atoms with Crippen molar-refractivity contribution >= 4 is 0 Å². The van der Waals surface area contributed by atoms with E-state index in [4.69, 9.17) is 4.74 Å². The molecular formula is C10H21NO. The van der Waals surface area contributed by atoms with Crippen LogP contribution >= 0.6 is 0 Å². The molecule has 0 bridgehead atoms. The van der Waals surface area contributed by atoms with Crippen molar-refractivity contribution in [3.63, 3.8) is 0 Å². The van der Waals surface area contributed by atoms with E-state index in [2.05, 4.69) is 25.8 Å². The fraction of sp³-hybridized carbons (Fsp3) is 1.00. The maximum Gasteiger partial charge on any atom is 0.0702 e. The van der Waals surface area contributed by atoms with Crippen molar-refractivity contribution in [2.75, 3.05) is 26.7 Å². The number of nitrogens with zero attached hydrogens (tertiary/aromatic N) is 1. The van der Waals surface area contributed by atoms with E-state index >= 15 is 0 Å². The van der Waals surface area contributed by atoms with Crippen LogP contribution < -0.4 is 0 Å². The molecule has 2 nitrogen and oxygen atoms in total. The third-order valence-electron chi connectivity index (χ3n) is 2.22. The summed E-state index contributed by atoms with van der Waals surface area (Å²) in [6.07, 6.45) is 3.01. The molecule has 0 aromatic heterocycles. The van der Waals surface area contributed by atoms with E-state index in [-0.39, 0.29) is 0 Å². The van der Waals surface area contributed by atoms with Gasteiger partial charge in [-0.1, -0.05) is 13.8 Å². The zero-order valence-electron chi connectivity index (χ0n) is 8.55. The lowest BCUT2D eigenvalue weighted by molar-refractivity contribution is 0.0781. The molecule has 1 fully saturated rings. The number of hydrogen-bond acceptors (Lipinski definition) is 2. The first kappa shape index (κ1) is 10.0. The standard InChI is InChI=1S/C10H21NO/c1-9(2)7-11(3)8-10-5-4-6-12-10/h9-10H,4-8H2,1-3H3/t10-/m1/s1. The minimum atomic E-state index is 0.508. The largest absolute Gasteiger partial charge is 0.377 e. The summed E-state index contributed by atoms with van der Waals surface area (Å²) in [5.41, 5.74) is 0. The molecule has 1 heterocycles. The number of ether oxygens (including phenoxy) is 1. The Morgan fingerprint density at radius 2 is 2.25 bits per heavy atom. The molecule has 0 aromatic carbocycles. The first-order chi connectivity index (χ1) is 5.68. The average Bonchev–Trinajstić information content (AvgIpc) is 2.37. The first-order valence-electron chi connectivity index (χ1n) is 4.98. The van der Waals surface area contributed by atoms with Gasteiger partial charge in [0.05, 0.1) is 6.10 Å². The monoisotopic (exact) mass is 171 g/mol. The van der Waals surface area contributed by atoms with E-state index < -0.39 is 0 Å². The van der Waals surface area contributed by atoms with Gasteiger partial charge in [0.2, 0.25) is 0 Å². The molecule has 0 saturated carbocycles. The maximum absolute atomic E-state index is 5.56. The molecule has 0 aliphatic carbocycles. The van der Waals surface area contributed by atoms with Crippen LogP contribution in [-0.2, 0) is 4.74 Å². The van der Waals surface area contributed by atoms with Crippen LogP contribution in [0.2, 0.25) is 0 Å². The SMILES string of the molecule is CC(C)CN(C)C[C@H]1CCCO1. The Balaban J connectivity index is 2.11. The maximum atomic E-state index is 5.56. The van der Waals surface area contributed by atoms with Crippen molar-refractivity contribution in [3.05, 3.63) is 0 Å². The Bertz CT molecular complexity index is 119. The van der Waals surface area contributed by atoms with Gasteiger partial charge in [0.15, 0.2) is 0 Å². The molecule has 2 heteroatoms. The minimum Gasteiger partial charge on any atom is -0.377 e. The molecule has 72 valence electrons. The van der Waals surface area contributed by atoms with Crippen LogP contribution in [0.3, 0.4) is 0 Å². The zero-order valence-corrected chi connectivity index (χ0v) is 8.55. The predicted molar refractivity (Wildman–Crippen MR) is 51.3 cm³/mol. The summed E-state index contributed by atoms with van der Waals surface area (Å²) >= 11 is 0. The average molecular weight is 171 g/mol. The third-order valence-corrected chi connectivity index (χ3v) is 2.22. The van der Waals surface area contributed by atoms with Crippen molar-refractivity contribution in [2.45, 2.75) is 32.8 Å². The van der Waals surface area contributed by atoms with E-state index in [0.717, 1.165) is 19.1 Å². The zero-order chi connectivity index (χ0) is 8.97. The normalized spacial score (nSPS) is 24.2. The lowest BCUT2D eigenvalue weighted by atomic mass is 10.2. The molecule has 12 heavy (non-hydrogen) atoms. The van der Waals surface area contributed by atoms with E-state index in [1.165, 1.54) is 19.4 Å². The second-order valence-electron chi connectivity index (χ2n) is 4.25. The highest BCUT2D eigenvalue weighted by Crippen LogP contribution is 2.13. The van der Waals surface area contributed by atoms with Crippen LogP contribution in [0.5, 0.6) is 0 Å². The van der Waals surface area contributed by atoms with Gasteiger partial charge in [-0.05, 0) is 25.8 Å². The fourth-order valence-electron chi connectivity index (χ4n) is 1.83. The lowest BCUT2D eigenvalue weighted by Gasteiger charge is -2.21. The molecule has 0 spiro atoms. The van der Waals surface area contributed by atoms with Gasteiger partial charge in [0.1, 0.15) is 0 Å². The summed E-state index contributed by atoms with van der Waals surface area (Å²) in [4.78, 5) is 2.38. The molecular weight excluding hydrogens is 150 g/mol. The van der Waals surface area contributed by atoms with Gasteiger partial charge >= 0.3 is 0 Å². The molecule has 1 aliphatic heterocycles. The van der Waals surface area contributed by atoms with Gasteiger partial charge in [0.25, 0.3) is 0 Å². The van der Waals surface area contributed by atoms with Crippen LogP contribution in [0.25, 0.3) is 0 Å². The topological polar surface area (TPSA) is 12.5 Å². The third kappa shape index (κ3) is 3.55. The van der Waals surface area contributed by atoms with Gasteiger partial charge in [-0.2, -0.15) is 0 Å². The second-order valence-corrected chi connectivity index (χ2v) is 4.25. The highest BCUT2D eigenvalue weighted by Gasteiger charge is 2.17. The summed E-state index contributed by atoms with van der Waals surface area (Å²) in [7, 11) is 2.18. The quantitative estimate of drug-likeness (QED) is 0.639. The Labute approximate surface area is 75.9 Å². The number of likely N-dealkylation sites (N-methyl/N-ethyl adjacent to an activating group) is 1. The van der Waals surface area contributed by atoms with Crippen LogP contribution in [0, 0.1) is 5.92 Å². The molecule has 0 radical (unpaired) electrons. The molecule has 1 rings (SSSR count). The van der Waals surface area contributed by atoms with Crippen LogP contribution in [0.15, 0.2) is 0 Å². The minimum absolute atomic E-state index is 0.508. The van der Waals surface area contributed by atoms with Gasteiger partial charge in [-0.25, -0.2) is 0 Å². The first-order valence-corrected chi connectivity index (χ1v) is 4.98. The van der Waals surface area contributed by atoms with E-state index in [9.17, 15) is 0 Å². The van der Waals surface area contributed by atoms with Crippen LogP contribution in [0.4, 0.5) is 0 Å². The predicted octanol–water partition coefficient (Wildman–Crippen LogP) is 1.75. The highest BCUT2D eigenvalue weighted by atomic mass is 16.5. The van der Waals surface area contributed by atoms with Crippen molar-refractivity contribution in [3.8, 4) is 0 Å². The van der Waals surface area contributed by atoms with Crippen molar-refractivity contribution < 1.29 is 4.74 Å². The molecule has 0 aromatic rings. The number of hydrogen-bond donors (Lipinski definition) is 0. The Kier molecular flexibility index (Phi) is 4.02. The molecule has 1 aliphatic rings. The molecule has 1 atom stereocenters. The van der Waals surface area contributed by atoms with Gasteiger partial charge < -0.3 is 9.64 Å². The Hall–Kier alpha value is -0.0800. The molecule has 1 saturated heterocycles. The van der Waals surface area contributed by atoms with Crippen molar-refractivity contribution in [2.24, 2.45) is 5.92 Å². The number of rotatable bonds is 4. The van der Waals surface area contributed by atoms with E-state index in [0.29, 0.717) is 6.10 Å². The summed E-state index contributed by atoms with van der Waals surface area (Å²) in [6.45, 7) is 7.77. The molecule has 0 N–H and O–H groups in total. The summed E-state index contributed by atoms with van der Waals surface area (Å²) < 4.78 is 5.56. The van der Waals surface area contributed by atoms with Gasteiger partial charge in [-0.15, -0.1) is 0 Å².